The molecule has 1 aromatic carbocycles. The monoisotopic (exact) mass is 443 g/mol. The standard InChI is InChI=1S/C20H18F5N3O3/c1-8-13(9-4-5-10(21)14(22)16(9)30-3)17(31-19(8,2)20(23,24)25)11-6-12(29)15-18(28-11)27-7-26-15/h4-8,13,17H,1-3H3,(H2,26,27,28,29)/t8-,13-,17-,19+/m0/s1. The van der Waals surface area contributed by atoms with Crippen LogP contribution >= 0.6 is 0 Å². The van der Waals surface area contributed by atoms with Crippen molar-refractivity contribution in [3.05, 3.63) is 57.6 Å². The van der Waals surface area contributed by atoms with Crippen LogP contribution in [0.1, 0.15) is 37.1 Å². The average molecular weight is 443 g/mol. The van der Waals surface area contributed by atoms with Crippen LogP contribution in [0.5, 0.6) is 5.75 Å². The smallest absolute Gasteiger partial charge is 0.417 e. The van der Waals surface area contributed by atoms with Crippen molar-refractivity contribution in [1.82, 2.24) is 15.0 Å². The number of pyridine rings is 1. The van der Waals surface area contributed by atoms with Crippen molar-refractivity contribution < 1.29 is 31.4 Å². The number of imidazole rings is 1. The lowest BCUT2D eigenvalue weighted by Crippen LogP contribution is -2.46. The molecule has 0 unspecified atom stereocenters. The second kappa shape index (κ2) is 7.04. The van der Waals surface area contributed by atoms with Crippen molar-refractivity contribution in [2.45, 2.75) is 37.6 Å². The van der Waals surface area contributed by atoms with E-state index in [1.54, 1.807) is 0 Å². The summed E-state index contributed by atoms with van der Waals surface area (Å²) in [6, 6.07) is 3.10. The van der Waals surface area contributed by atoms with Crippen LogP contribution in [0.3, 0.4) is 0 Å². The van der Waals surface area contributed by atoms with Gasteiger partial charge in [-0.1, -0.05) is 13.0 Å². The number of aromatic amines is 2. The fourth-order valence-electron chi connectivity index (χ4n) is 4.20. The summed E-state index contributed by atoms with van der Waals surface area (Å²) in [6.45, 7) is 2.20. The van der Waals surface area contributed by atoms with Crippen LogP contribution in [0.25, 0.3) is 11.2 Å². The average Bonchev–Trinajstić information content (AvgIpc) is 3.28. The number of alkyl halides is 3. The predicted octanol–water partition coefficient (Wildman–Crippen LogP) is 4.35. The molecule has 0 radical (unpaired) electrons. The molecule has 0 aliphatic carbocycles. The molecule has 1 aliphatic rings. The summed E-state index contributed by atoms with van der Waals surface area (Å²) in [5, 5.41) is 0. The Bertz CT molecular complexity index is 1200. The highest BCUT2D eigenvalue weighted by molar-refractivity contribution is 5.69. The van der Waals surface area contributed by atoms with E-state index in [2.05, 4.69) is 15.0 Å². The molecule has 2 N–H and O–H groups in total. The molecular weight excluding hydrogens is 425 g/mol. The van der Waals surface area contributed by atoms with E-state index in [1.807, 2.05) is 0 Å². The Morgan fingerprint density at radius 1 is 1.26 bits per heavy atom. The van der Waals surface area contributed by atoms with Gasteiger partial charge in [0.15, 0.2) is 22.8 Å². The quantitative estimate of drug-likeness (QED) is 0.590. The highest BCUT2D eigenvalue weighted by Gasteiger charge is 2.65. The molecule has 4 rings (SSSR count). The van der Waals surface area contributed by atoms with Gasteiger partial charge in [0.25, 0.3) is 0 Å². The minimum atomic E-state index is -4.78. The van der Waals surface area contributed by atoms with Gasteiger partial charge in [0.2, 0.25) is 11.2 Å². The molecule has 1 fully saturated rings. The van der Waals surface area contributed by atoms with Gasteiger partial charge < -0.3 is 19.4 Å². The number of fused-ring (bicyclic) bond motifs is 1. The molecule has 0 spiro atoms. The Balaban J connectivity index is 1.95. The normalized spacial score (nSPS) is 26.5. The number of hydrogen-bond acceptors (Lipinski definition) is 4. The Labute approximate surface area is 172 Å². The first-order valence-corrected chi connectivity index (χ1v) is 9.32. The summed E-state index contributed by atoms with van der Waals surface area (Å²) in [5.41, 5.74) is -2.83. The van der Waals surface area contributed by atoms with E-state index in [-0.39, 0.29) is 22.4 Å². The molecule has 166 valence electrons. The number of benzene rings is 1. The van der Waals surface area contributed by atoms with Crippen LogP contribution in [-0.2, 0) is 4.74 Å². The zero-order valence-electron chi connectivity index (χ0n) is 16.6. The molecule has 1 aliphatic heterocycles. The third-order valence-corrected chi connectivity index (χ3v) is 6.05. The molecule has 2 aromatic heterocycles. The molecule has 4 atom stereocenters. The van der Waals surface area contributed by atoms with Crippen LogP contribution in [0.15, 0.2) is 29.3 Å². The summed E-state index contributed by atoms with van der Waals surface area (Å²) >= 11 is 0. The first kappa shape index (κ1) is 21.3. The number of nitrogens with zero attached hydrogens (tertiary/aromatic N) is 1. The van der Waals surface area contributed by atoms with Crippen molar-refractivity contribution in [3.63, 3.8) is 0 Å². The second-order valence-corrected chi connectivity index (χ2v) is 7.66. The van der Waals surface area contributed by atoms with E-state index in [9.17, 15) is 26.7 Å². The van der Waals surface area contributed by atoms with E-state index >= 15 is 0 Å². The first-order chi connectivity index (χ1) is 14.5. The summed E-state index contributed by atoms with van der Waals surface area (Å²) in [6.07, 6.45) is -4.85. The van der Waals surface area contributed by atoms with Gasteiger partial charge in [0.1, 0.15) is 11.6 Å². The Morgan fingerprint density at radius 2 is 1.97 bits per heavy atom. The Kier molecular flexibility index (Phi) is 4.84. The lowest BCUT2D eigenvalue weighted by atomic mass is 9.76. The van der Waals surface area contributed by atoms with Crippen molar-refractivity contribution in [2.24, 2.45) is 5.92 Å². The van der Waals surface area contributed by atoms with Crippen LogP contribution in [-0.4, -0.2) is 33.8 Å². The van der Waals surface area contributed by atoms with Gasteiger partial charge in [-0.2, -0.15) is 17.6 Å². The summed E-state index contributed by atoms with van der Waals surface area (Å²) in [7, 11) is 1.09. The molecule has 0 amide bonds. The molecule has 31 heavy (non-hydrogen) atoms. The third-order valence-electron chi connectivity index (χ3n) is 6.05. The number of methoxy groups -OCH3 is 1. The maximum Gasteiger partial charge on any atom is 0.417 e. The van der Waals surface area contributed by atoms with E-state index in [4.69, 9.17) is 9.47 Å². The maximum atomic E-state index is 14.4. The highest BCUT2D eigenvalue weighted by Crippen LogP contribution is 2.59. The minimum absolute atomic E-state index is 0.00477. The SMILES string of the molecule is COc1c([C@H]2[C@H](c3cc(=O)c4[nH]cnc4[nH]3)O[C@@](C)(C(F)(F)F)[C@H]2C)ccc(F)c1F. The lowest BCUT2D eigenvalue weighted by molar-refractivity contribution is -0.275. The topological polar surface area (TPSA) is 80.0 Å². The fraction of sp³-hybridized carbons (Fsp3) is 0.400. The number of H-pyrrole nitrogens is 2. The van der Waals surface area contributed by atoms with E-state index < -0.39 is 52.5 Å². The summed E-state index contributed by atoms with van der Waals surface area (Å²) in [4.78, 5) is 21.8. The van der Waals surface area contributed by atoms with Gasteiger partial charge in [-0.15, -0.1) is 0 Å². The number of nitrogens with one attached hydrogen (secondary N) is 2. The van der Waals surface area contributed by atoms with Crippen LogP contribution in [0.2, 0.25) is 0 Å². The second-order valence-electron chi connectivity index (χ2n) is 7.66. The predicted molar refractivity (Wildman–Crippen MR) is 99.8 cm³/mol. The molecule has 3 aromatic rings. The van der Waals surface area contributed by atoms with E-state index in [0.29, 0.717) is 0 Å². The zero-order valence-corrected chi connectivity index (χ0v) is 16.6. The number of halogens is 5. The van der Waals surface area contributed by atoms with E-state index in [1.165, 1.54) is 19.3 Å². The first-order valence-electron chi connectivity index (χ1n) is 9.32. The number of ether oxygens (including phenoxy) is 2. The largest absolute Gasteiger partial charge is 0.493 e. The van der Waals surface area contributed by atoms with Crippen molar-refractivity contribution >= 4 is 11.2 Å². The van der Waals surface area contributed by atoms with Gasteiger partial charge in [-0.25, -0.2) is 9.37 Å². The maximum absolute atomic E-state index is 14.4. The van der Waals surface area contributed by atoms with E-state index in [0.717, 1.165) is 26.2 Å². The number of rotatable bonds is 3. The molecule has 0 saturated carbocycles. The molecule has 1 saturated heterocycles. The van der Waals surface area contributed by atoms with Crippen LogP contribution < -0.4 is 10.2 Å². The van der Waals surface area contributed by atoms with Gasteiger partial charge in [0.05, 0.1) is 19.1 Å². The molecule has 11 heteroatoms. The van der Waals surface area contributed by atoms with Gasteiger partial charge >= 0.3 is 6.18 Å². The molecule has 6 nitrogen and oxygen atoms in total. The summed E-state index contributed by atoms with van der Waals surface area (Å²) in [5.74, 6) is -5.39. The van der Waals surface area contributed by atoms with Gasteiger partial charge in [-0.05, 0) is 13.0 Å². The minimum Gasteiger partial charge on any atom is -0.493 e. The van der Waals surface area contributed by atoms with Crippen molar-refractivity contribution in [3.8, 4) is 5.75 Å². The lowest BCUT2D eigenvalue weighted by Gasteiger charge is -2.32. The van der Waals surface area contributed by atoms with Crippen LogP contribution in [0.4, 0.5) is 22.0 Å². The summed E-state index contributed by atoms with van der Waals surface area (Å²) < 4.78 is 80.7. The van der Waals surface area contributed by atoms with Gasteiger partial charge in [-0.3, -0.25) is 4.79 Å². The van der Waals surface area contributed by atoms with Gasteiger partial charge in [0, 0.05) is 23.5 Å². The fourth-order valence-corrected chi connectivity index (χ4v) is 4.20. The number of aromatic nitrogens is 3. The Hall–Kier alpha value is -2.95. The third kappa shape index (κ3) is 3.10. The van der Waals surface area contributed by atoms with Crippen LogP contribution in [0, 0.1) is 17.6 Å². The zero-order chi connectivity index (χ0) is 22.7. The number of hydrogen-bond donors (Lipinski definition) is 2. The molecule has 3 heterocycles. The Morgan fingerprint density at radius 3 is 2.61 bits per heavy atom. The van der Waals surface area contributed by atoms with Crippen molar-refractivity contribution in [1.29, 1.82) is 0 Å². The highest BCUT2D eigenvalue weighted by atomic mass is 19.4. The molecular formula is C20H18F5N3O3. The van der Waals surface area contributed by atoms with Crippen molar-refractivity contribution in [2.75, 3.05) is 7.11 Å². The molecule has 0 bridgehead atoms.